The molecule has 0 amide bonds. The maximum absolute atomic E-state index is 9.82. The van der Waals surface area contributed by atoms with E-state index in [1.54, 1.807) is 0 Å². The molecule has 0 unspecified atom stereocenters. The van der Waals surface area contributed by atoms with Gasteiger partial charge in [0.05, 0.1) is 0 Å². The maximum atomic E-state index is 9.82. The first-order chi connectivity index (χ1) is 3.48. The van der Waals surface area contributed by atoms with Crippen LogP contribution in [-0.2, 0) is 10.3 Å². The van der Waals surface area contributed by atoms with E-state index in [-0.39, 0.29) is 4.31 Å². The van der Waals surface area contributed by atoms with Crippen molar-refractivity contribution in [3.8, 4) is 6.19 Å². The van der Waals surface area contributed by atoms with Crippen LogP contribution < -0.4 is 0 Å². The molecule has 5 nitrogen and oxygen atoms in total. The van der Waals surface area contributed by atoms with Crippen molar-refractivity contribution in [2.24, 2.45) is 0 Å². The second-order valence-corrected chi connectivity index (χ2v) is 2.49. The third-order valence-electron chi connectivity index (χ3n) is 0.487. The largest absolute Gasteiger partial charge is 0.368 e. The summed E-state index contributed by atoms with van der Waals surface area (Å²) < 4.78 is 27.8. The van der Waals surface area contributed by atoms with Crippen molar-refractivity contribution >= 4 is 10.3 Å². The number of rotatable bonds is 1. The van der Waals surface area contributed by atoms with Crippen molar-refractivity contribution in [1.82, 2.24) is 4.31 Å². The Morgan fingerprint density at radius 1 is 1.75 bits per heavy atom. The van der Waals surface area contributed by atoms with Crippen molar-refractivity contribution in [1.29, 1.82) is 5.26 Å². The van der Waals surface area contributed by atoms with Gasteiger partial charge in [0.25, 0.3) is 0 Å². The van der Waals surface area contributed by atoms with E-state index in [4.69, 9.17) is 9.81 Å². The summed E-state index contributed by atoms with van der Waals surface area (Å²) in [4.78, 5) is 0. The van der Waals surface area contributed by atoms with Gasteiger partial charge in [-0.25, -0.2) is 0 Å². The van der Waals surface area contributed by atoms with Crippen molar-refractivity contribution in [3.05, 3.63) is 0 Å². The van der Waals surface area contributed by atoms with Gasteiger partial charge in [-0.3, -0.25) is 4.55 Å². The summed E-state index contributed by atoms with van der Waals surface area (Å²) in [7, 11) is -3.34. The molecular formula is C2H4N2O3S. The van der Waals surface area contributed by atoms with Gasteiger partial charge >= 0.3 is 10.3 Å². The molecular weight excluding hydrogens is 132 g/mol. The molecule has 0 aromatic heterocycles. The van der Waals surface area contributed by atoms with Crippen LogP contribution in [0.25, 0.3) is 0 Å². The van der Waals surface area contributed by atoms with Crippen LogP contribution >= 0.6 is 0 Å². The Morgan fingerprint density at radius 3 is 2.12 bits per heavy atom. The first-order valence-corrected chi connectivity index (χ1v) is 2.99. The minimum atomic E-state index is -4.28. The Kier molecular flexibility index (Phi) is 1.78. The van der Waals surface area contributed by atoms with Gasteiger partial charge in [-0.2, -0.15) is 18.0 Å². The first-order valence-electron chi connectivity index (χ1n) is 1.59. The Balaban J connectivity index is 4.34. The Hall–Kier alpha value is -0.800. The molecule has 1 N–H and O–H groups in total. The van der Waals surface area contributed by atoms with Gasteiger partial charge in [0.15, 0.2) is 6.19 Å². The fourth-order valence-corrected chi connectivity index (χ4v) is 0.155. The highest BCUT2D eigenvalue weighted by atomic mass is 32.2. The van der Waals surface area contributed by atoms with Crippen molar-refractivity contribution in [2.45, 2.75) is 0 Å². The zero-order valence-electron chi connectivity index (χ0n) is 4.07. The maximum Gasteiger partial charge on any atom is 0.368 e. The monoisotopic (exact) mass is 136 g/mol. The molecule has 46 valence electrons. The SMILES string of the molecule is CN(C#N)S(=O)(=O)O. The minimum Gasteiger partial charge on any atom is -0.268 e. The van der Waals surface area contributed by atoms with Gasteiger partial charge in [-0.1, -0.05) is 0 Å². The molecule has 0 radical (unpaired) electrons. The summed E-state index contributed by atoms with van der Waals surface area (Å²) in [6.45, 7) is 0. The van der Waals surface area contributed by atoms with Gasteiger partial charge in [0.2, 0.25) is 0 Å². The third kappa shape index (κ3) is 1.77. The summed E-state index contributed by atoms with van der Waals surface area (Å²) in [5.74, 6) is 0. The van der Waals surface area contributed by atoms with E-state index in [0.29, 0.717) is 0 Å². The molecule has 0 aromatic rings. The standard InChI is InChI=1S/C2H4N2O3S/c1-4(2-3)8(5,6)7/h1H3,(H,5,6,7). The predicted octanol–water partition coefficient (Wildman–Crippen LogP) is -0.798. The molecule has 0 aliphatic rings. The summed E-state index contributed by atoms with van der Waals surface area (Å²) >= 11 is 0. The van der Waals surface area contributed by atoms with Crippen LogP contribution in [0.1, 0.15) is 0 Å². The average Bonchev–Trinajstić information content (AvgIpc) is 1.62. The summed E-state index contributed by atoms with van der Waals surface area (Å²) in [6, 6.07) is 0. The molecule has 0 saturated carbocycles. The molecule has 0 spiro atoms. The van der Waals surface area contributed by atoms with Crippen LogP contribution in [0, 0.1) is 11.5 Å². The molecule has 0 aliphatic heterocycles. The second-order valence-electron chi connectivity index (χ2n) is 1.05. The smallest absolute Gasteiger partial charge is 0.268 e. The van der Waals surface area contributed by atoms with E-state index in [2.05, 4.69) is 0 Å². The quantitative estimate of drug-likeness (QED) is 0.291. The molecule has 0 aromatic carbocycles. The van der Waals surface area contributed by atoms with Crippen molar-refractivity contribution in [2.75, 3.05) is 7.05 Å². The van der Waals surface area contributed by atoms with E-state index < -0.39 is 10.3 Å². The summed E-state index contributed by atoms with van der Waals surface area (Å²) in [6.07, 6.45) is 1.20. The lowest BCUT2D eigenvalue weighted by molar-refractivity contribution is 0.433. The molecule has 0 bridgehead atoms. The van der Waals surface area contributed by atoms with Crippen molar-refractivity contribution in [3.63, 3.8) is 0 Å². The molecule has 0 saturated heterocycles. The number of nitrogens with zero attached hydrogens (tertiary/aromatic N) is 2. The molecule has 0 rings (SSSR count). The van der Waals surface area contributed by atoms with E-state index >= 15 is 0 Å². The zero-order valence-corrected chi connectivity index (χ0v) is 4.88. The average molecular weight is 136 g/mol. The van der Waals surface area contributed by atoms with Crippen LogP contribution in [0.2, 0.25) is 0 Å². The Labute approximate surface area is 47.0 Å². The molecule has 0 aliphatic carbocycles. The van der Waals surface area contributed by atoms with Gasteiger partial charge < -0.3 is 0 Å². The Morgan fingerprint density at radius 2 is 2.12 bits per heavy atom. The summed E-state index contributed by atoms with van der Waals surface area (Å²) in [5, 5.41) is 7.81. The highest BCUT2D eigenvalue weighted by Gasteiger charge is 2.08. The second kappa shape index (κ2) is 1.98. The molecule has 6 heteroatoms. The lowest BCUT2D eigenvalue weighted by Crippen LogP contribution is -2.19. The lowest BCUT2D eigenvalue weighted by Gasteiger charge is -1.99. The van der Waals surface area contributed by atoms with E-state index in [0.717, 1.165) is 7.05 Å². The van der Waals surface area contributed by atoms with Gasteiger partial charge in [-0.05, 0) is 0 Å². The molecule has 0 fully saturated rings. The van der Waals surface area contributed by atoms with Crippen molar-refractivity contribution < 1.29 is 13.0 Å². The van der Waals surface area contributed by atoms with Crippen LogP contribution in [0.3, 0.4) is 0 Å². The lowest BCUT2D eigenvalue weighted by atomic mass is 11.2. The highest BCUT2D eigenvalue weighted by molar-refractivity contribution is 7.83. The number of nitriles is 1. The topological polar surface area (TPSA) is 81.4 Å². The fourth-order valence-electron chi connectivity index (χ4n) is 0.0516. The van der Waals surface area contributed by atoms with Gasteiger partial charge in [-0.15, -0.1) is 0 Å². The minimum absolute atomic E-state index is 0.146. The fraction of sp³-hybridized carbons (Fsp3) is 0.500. The molecule has 8 heavy (non-hydrogen) atoms. The molecule has 0 heterocycles. The number of hydrogen-bond acceptors (Lipinski definition) is 3. The van der Waals surface area contributed by atoms with Crippen LogP contribution in [0.4, 0.5) is 0 Å². The van der Waals surface area contributed by atoms with E-state index in [1.807, 2.05) is 0 Å². The van der Waals surface area contributed by atoms with Crippen LogP contribution in [-0.4, -0.2) is 24.3 Å². The first kappa shape index (κ1) is 7.20. The third-order valence-corrected chi connectivity index (χ3v) is 1.26. The van der Waals surface area contributed by atoms with E-state index in [1.165, 1.54) is 6.19 Å². The normalized spacial score (nSPS) is 10.1. The summed E-state index contributed by atoms with van der Waals surface area (Å²) in [5.41, 5.74) is 0. The van der Waals surface area contributed by atoms with Crippen LogP contribution in [0.15, 0.2) is 0 Å². The Bertz CT molecular complexity index is 200. The predicted molar refractivity (Wildman–Crippen MR) is 24.9 cm³/mol. The highest BCUT2D eigenvalue weighted by Crippen LogP contribution is 1.85. The van der Waals surface area contributed by atoms with E-state index in [9.17, 15) is 8.42 Å². The van der Waals surface area contributed by atoms with Gasteiger partial charge in [0.1, 0.15) is 0 Å². The number of hydrogen-bond donors (Lipinski definition) is 1. The zero-order chi connectivity index (χ0) is 6.78. The van der Waals surface area contributed by atoms with Gasteiger partial charge in [0, 0.05) is 7.05 Å². The van der Waals surface area contributed by atoms with Crippen LogP contribution in [0.5, 0.6) is 0 Å². The molecule has 0 atom stereocenters.